The van der Waals surface area contributed by atoms with Gasteiger partial charge in [0.15, 0.2) is 0 Å². The molecule has 0 aliphatic carbocycles. The summed E-state index contributed by atoms with van der Waals surface area (Å²) in [5, 5.41) is 3.36. The molecule has 0 saturated carbocycles. The molecule has 2 heterocycles. The quantitative estimate of drug-likeness (QED) is 0.800. The topological polar surface area (TPSA) is 52.7 Å². The van der Waals surface area contributed by atoms with Crippen LogP contribution in [-0.4, -0.2) is 49.9 Å². The Balaban J connectivity index is 1.74. The predicted molar refractivity (Wildman–Crippen MR) is 76.7 cm³/mol. The van der Waals surface area contributed by atoms with Crippen LogP contribution in [0.15, 0.2) is 24.3 Å². The van der Waals surface area contributed by atoms with Crippen LogP contribution in [0.1, 0.15) is 17.9 Å². The summed E-state index contributed by atoms with van der Waals surface area (Å²) in [5.74, 6) is 0.287. The van der Waals surface area contributed by atoms with Crippen molar-refractivity contribution in [2.24, 2.45) is 0 Å². The second-order valence-corrected chi connectivity index (χ2v) is 5.48. The molecule has 2 aliphatic heterocycles. The molecule has 2 saturated heterocycles. The van der Waals surface area contributed by atoms with Gasteiger partial charge in [-0.2, -0.15) is 0 Å². The van der Waals surface area contributed by atoms with E-state index in [0.717, 1.165) is 18.8 Å². The van der Waals surface area contributed by atoms with Crippen molar-refractivity contribution in [2.75, 3.05) is 38.1 Å². The van der Waals surface area contributed by atoms with Gasteiger partial charge in [-0.1, -0.05) is 12.1 Å². The van der Waals surface area contributed by atoms with Gasteiger partial charge in [-0.3, -0.25) is 14.5 Å². The molecule has 3 rings (SSSR count). The van der Waals surface area contributed by atoms with Crippen molar-refractivity contribution in [1.82, 2.24) is 10.2 Å². The van der Waals surface area contributed by atoms with Crippen LogP contribution in [0.3, 0.4) is 0 Å². The fourth-order valence-corrected chi connectivity index (χ4v) is 2.81. The highest BCUT2D eigenvalue weighted by molar-refractivity contribution is 6.02. The third kappa shape index (κ3) is 2.41. The minimum Gasteiger partial charge on any atom is -0.353 e. The number of carbonyl (C=O) groups excluding carboxylic acids is 2. The molecule has 106 valence electrons. The van der Waals surface area contributed by atoms with E-state index < -0.39 is 0 Å². The number of rotatable bonds is 2. The van der Waals surface area contributed by atoms with E-state index in [9.17, 15) is 9.59 Å². The van der Waals surface area contributed by atoms with Gasteiger partial charge in [0, 0.05) is 19.3 Å². The second-order valence-electron chi connectivity index (χ2n) is 5.48. The largest absolute Gasteiger partial charge is 0.353 e. The molecule has 5 heteroatoms. The summed E-state index contributed by atoms with van der Waals surface area (Å²) in [6.07, 6.45) is 1.17. The Hall–Kier alpha value is -1.88. The number of hydrogen-bond acceptors (Lipinski definition) is 4. The molecule has 5 nitrogen and oxygen atoms in total. The molecular weight excluding hydrogens is 254 g/mol. The highest BCUT2D eigenvalue weighted by atomic mass is 16.2. The van der Waals surface area contributed by atoms with Gasteiger partial charge >= 0.3 is 0 Å². The Morgan fingerprint density at radius 2 is 1.75 bits per heavy atom. The van der Waals surface area contributed by atoms with Crippen molar-refractivity contribution in [3.63, 3.8) is 0 Å². The first kappa shape index (κ1) is 13.1. The Bertz CT molecular complexity index is 502. The van der Waals surface area contributed by atoms with Gasteiger partial charge in [0.05, 0.1) is 13.1 Å². The number of amides is 2. The number of nitrogens with one attached hydrogen (secondary N) is 1. The van der Waals surface area contributed by atoms with Crippen LogP contribution in [-0.2, 0) is 9.59 Å². The van der Waals surface area contributed by atoms with E-state index in [0.29, 0.717) is 5.92 Å². The highest BCUT2D eigenvalue weighted by Crippen LogP contribution is 2.25. The lowest BCUT2D eigenvalue weighted by molar-refractivity contribution is -0.143. The maximum absolute atomic E-state index is 11.7. The minimum absolute atomic E-state index is 0.148. The van der Waals surface area contributed by atoms with Gasteiger partial charge in [-0.15, -0.1) is 0 Å². The third-order valence-corrected chi connectivity index (χ3v) is 4.19. The van der Waals surface area contributed by atoms with E-state index in [4.69, 9.17) is 0 Å². The average molecular weight is 273 g/mol. The standard InChI is InChI=1S/C15H19N3O2/c1-17-14(19)9-18(10-15(17)20)13-4-2-11(3-5-13)12-6-7-16-8-12/h2-5,12,16H,6-10H2,1H3. The van der Waals surface area contributed by atoms with Crippen LogP contribution in [0.2, 0.25) is 0 Å². The number of imide groups is 1. The summed E-state index contributed by atoms with van der Waals surface area (Å²) in [5.41, 5.74) is 2.26. The summed E-state index contributed by atoms with van der Waals surface area (Å²) in [7, 11) is 1.54. The fourth-order valence-electron chi connectivity index (χ4n) is 2.81. The molecule has 0 bridgehead atoms. The molecule has 2 amide bonds. The van der Waals surface area contributed by atoms with Crippen LogP contribution < -0.4 is 10.2 Å². The summed E-state index contributed by atoms with van der Waals surface area (Å²) in [6.45, 7) is 2.65. The normalized spacial score (nSPS) is 23.6. The Labute approximate surface area is 118 Å². The number of anilines is 1. The molecule has 1 N–H and O–H groups in total. The number of piperazine rings is 1. The maximum Gasteiger partial charge on any atom is 0.248 e. The maximum atomic E-state index is 11.7. The zero-order valence-electron chi connectivity index (χ0n) is 11.6. The van der Waals surface area contributed by atoms with Crippen molar-refractivity contribution in [2.45, 2.75) is 12.3 Å². The minimum atomic E-state index is -0.148. The Morgan fingerprint density at radius 1 is 1.10 bits per heavy atom. The Kier molecular flexibility index (Phi) is 3.44. The molecule has 2 aliphatic rings. The zero-order valence-corrected chi connectivity index (χ0v) is 11.6. The van der Waals surface area contributed by atoms with Crippen LogP contribution in [0, 0.1) is 0 Å². The monoisotopic (exact) mass is 273 g/mol. The average Bonchev–Trinajstić information content (AvgIpc) is 2.98. The lowest BCUT2D eigenvalue weighted by Gasteiger charge is -2.32. The smallest absolute Gasteiger partial charge is 0.248 e. The zero-order chi connectivity index (χ0) is 14.1. The van der Waals surface area contributed by atoms with Crippen molar-refractivity contribution in [3.05, 3.63) is 29.8 Å². The SMILES string of the molecule is CN1C(=O)CN(c2ccc(C3CCNC3)cc2)CC1=O. The molecule has 20 heavy (non-hydrogen) atoms. The molecule has 0 radical (unpaired) electrons. The van der Waals surface area contributed by atoms with E-state index in [1.54, 1.807) is 0 Å². The number of carbonyl (C=O) groups is 2. The summed E-state index contributed by atoms with van der Waals surface area (Å²) in [6, 6.07) is 8.25. The van der Waals surface area contributed by atoms with Crippen molar-refractivity contribution < 1.29 is 9.59 Å². The van der Waals surface area contributed by atoms with Gasteiger partial charge in [0.25, 0.3) is 0 Å². The van der Waals surface area contributed by atoms with E-state index in [1.165, 1.54) is 23.9 Å². The van der Waals surface area contributed by atoms with Crippen LogP contribution in [0.25, 0.3) is 0 Å². The molecule has 0 spiro atoms. The summed E-state index contributed by atoms with van der Waals surface area (Å²) in [4.78, 5) is 26.5. The summed E-state index contributed by atoms with van der Waals surface area (Å²) >= 11 is 0. The lowest BCUT2D eigenvalue weighted by Crippen LogP contribution is -2.52. The molecule has 1 atom stereocenters. The summed E-state index contributed by atoms with van der Waals surface area (Å²) < 4.78 is 0. The lowest BCUT2D eigenvalue weighted by atomic mass is 9.98. The van der Waals surface area contributed by atoms with Gasteiger partial charge in [-0.05, 0) is 36.6 Å². The molecule has 2 fully saturated rings. The molecule has 1 unspecified atom stereocenters. The van der Waals surface area contributed by atoms with Crippen molar-refractivity contribution in [1.29, 1.82) is 0 Å². The highest BCUT2D eigenvalue weighted by Gasteiger charge is 2.28. The number of benzene rings is 1. The van der Waals surface area contributed by atoms with Gasteiger partial charge in [-0.25, -0.2) is 0 Å². The van der Waals surface area contributed by atoms with E-state index in [2.05, 4.69) is 17.4 Å². The molecule has 1 aromatic carbocycles. The predicted octanol–water partition coefficient (Wildman–Crippen LogP) is 0.568. The number of likely N-dealkylation sites (N-methyl/N-ethyl adjacent to an activating group) is 1. The second kappa shape index (κ2) is 5.25. The third-order valence-electron chi connectivity index (χ3n) is 4.19. The first-order valence-corrected chi connectivity index (χ1v) is 7.00. The fraction of sp³-hybridized carbons (Fsp3) is 0.467. The molecule has 0 aromatic heterocycles. The first-order chi connectivity index (χ1) is 9.65. The van der Waals surface area contributed by atoms with Crippen LogP contribution in [0.5, 0.6) is 0 Å². The van der Waals surface area contributed by atoms with Crippen molar-refractivity contribution in [3.8, 4) is 0 Å². The van der Waals surface area contributed by atoms with Gasteiger partial charge in [0.2, 0.25) is 11.8 Å². The Morgan fingerprint density at radius 3 is 2.30 bits per heavy atom. The van der Waals surface area contributed by atoms with Crippen LogP contribution >= 0.6 is 0 Å². The molecular formula is C15H19N3O2. The van der Waals surface area contributed by atoms with E-state index in [-0.39, 0.29) is 24.9 Å². The van der Waals surface area contributed by atoms with Gasteiger partial charge in [0.1, 0.15) is 0 Å². The van der Waals surface area contributed by atoms with Crippen molar-refractivity contribution >= 4 is 17.5 Å². The van der Waals surface area contributed by atoms with Gasteiger partial charge < -0.3 is 10.2 Å². The number of hydrogen-bond donors (Lipinski definition) is 1. The van der Waals surface area contributed by atoms with Crippen LogP contribution in [0.4, 0.5) is 5.69 Å². The first-order valence-electron chi connectivity index (χ1n) is 7.00. The molecule has 1 aromatic rings. The van der Waals surface area contributed by atoms with E-state index >= 15 is 0 Å². The number of nitrogens with zero attached hydrogens (tertiary/aromatic N) is 2. The van der Waals surface area contributed by atoms with E-state index in [1.807, 2.05) is 17.0 Å².